The van der Waals surface area contributed by atoms with Crippen molar-refractivity contribution in [2.45, 2.75) is 11.7 Å². The number of anilines is 1. The summed E-state index contributed by atoms with van der Waals surface area (Å²) in [5, 5.41) is 3.79. The van der Waals surface area contributed by atoms with E-state index in [1.807, 2.05) is 30.5 Å². The largest absolute Gasteiger partial charge is 0.429 e. The average Bonchev–Trinajstić information content (AvgIpc) is 3.06. The van der Waals surface area contributed by atoms with E-state index in [0.29, 0.717) is 33.6 Å². The van der Waals surface area contributed by atoms with E-state index in [-0.39, 0.29) is 0 Å². The van der Waals surface area contributed by atoms with E-state index in [4.69, 9.17) is 4.42 Å². The predicted octanol–water partition coefficient (Wildman–Crippen LogP) is 4.04. The van der Waals surface area contributed by atoms with E-state index in [2.05, 4.69) is 36.2 Å². The summed E-state index contributed by atoms with van der Waals surface area (Å²) in [6, 6.07) is 7.81. The van der Waals surface area contributed by atoms with Crippen LogP contribution in [0.3, 0.4) is 0 Å². The van der Waals surface area contributed by atoms with Gasteiger partial charge < -0.3 is 9.73 Å². The maximum absolute atomic E-state index is 11.1. The second-order valence-electron chi connectivity index (χ2n) is 4.80. The number of hydrogen-bond donors (Lipinski definition) is 1. The van der Waals surface area contributed by atoms with Crippen LogP contribution in [0.4, 0.5) is 5.82 Å². The number of carbonyl (C=O) groups is 1. The molecule has 3 rings (SSSR count). The summed E-state index contributed by atoms with van der Waals surface area (Å²) in [6.07, 6.45) is 5.78. The average molecular weight is 405 g/mol. The van der Waals surface area contributed by atoms with Gasteiger partial charge in [0.2, 0.25) is 5.89 Å². The lowest BCUT2D eigenvalue weighted by Crippen LogP contribution is -2.06. The van der Waals surface area contributed by atoms with E-state index in [1.54, 1.807) is 6.20 Å². The molecule has 0 unspecified atom stereocenters. The zero-order chi connectivity index (χ0) is 16.9. The van der Waals surface area contributed by atoms with Crippen LogP contribution in [0.2, 0.25) is 0 Å². The molecular formula is C16H13BrN4O2S. The molecule has 0 fully saturated rings. The van der Waals surface area contributed by atoms with Crippen molar-refractivity contribution in [1.82, 2.24) is 15.0 Å². The van der Waals surface area contributed by atoms with Crippen molar-refractivity contribution >= 4 is 39.8 Å². The summed E-state index contributed by atoms with van der Waals surface area (Å²) in [4.78, 5) is 23.7. The van der Waals surface area contributed by atoms with Crippen LogP contribution in [0, 0.1) is 0 Å². The third-order valence-corrected chi connectivity index (χ3v) is 4.17. The van der Waals surface area contributed by atoms with Gasteiger partial charge in [0, 0.05) is 18.3 Å². The molecule has 122 valence electrons. The van der Waals surface area contributed by atoms with Gasteiger partial charge in [-0.2, -0.15) is 0 Å². The quantitative estimate of drug-likeness (QED) is 0.377. The molecule has 0 spiro atoms. The van der Waals surface area contributed by atoms with Crippen molar-refractivity contribution in [3.05, 3.63) is 52.5 Å². The van der Waals surface area contributed by atoms with E-state index < -0.39 is 0 Å². The third-order valence-electron chi connectivity index (χ3n) is 3.24. The number of rotatable bonds is 6. The summed E-state index contributed by atoms with van der Waals surface area (Å²) in [6.45, 7) is 0.543. The number of nitrogens with one attached hydrogen (secondary N) is 1. The van der Waals surface area contributed by atoms with Crippen molar-refractivity contribution < 1.29 is 9.21 Å². The Labute approximate surface area is 151 Å². The molecule has 0 amide bonds. The Morgan fingerprint density at radius 2 is 2.04 bits per heavy atom. The molecule has 2 aromatic heterocycles. The Morgan fingerprint density at radius 3 is 2.67 bits per heavy atom. The molecule has 0 aliphatic rings. The SMILES string of the molecule is CSc1ncc(C=O)c(NCc2ccc(-c3ncc(Br)o3)cc2)n1. The number of aldehydes is 1. The fraction of sp³-hybridized carbons (Fsp3) is 0.125. The third kappa shape index (κ3) is 3.82. The lowest BCUT2D eigenvalue weighted by molar-refractivity contribution is 0.112. The van der Waals surface area contributed by atoms with Gasteiger partial charge in [0.25, 0.3) is 0 Å². The summed E-state index contributed by atoms with van der Waals surface area (Å²) in [5.74, 6) is 1.09. The van der Waals surface area contributed by atoms with Gasteiger partial charge in [0.1, 0.15) is 5.82 Å². The topological polar surface area (TPSA) is 80.9 Å². The molecule has 3 aromatic rings. The van der Waals surface area contributed by atoms with Crippen LogP contribution in [0.1, 0.15) is 15.9 Å². The first kappa shape index (κ1) is 16.7. The highest BCUT2D eigenvalue weighted by atomic mass is 79.9. The van der Waals surface area contributed by atoms with Crippen LogP contribution in [0.25, 0.3) is 11.5 Å². The second-order valence-corrected chi connectivity index (χ2v) is 6.35. The number of aromatic nitrogens is 3. The number of hydrogen-bond acceptors (Lipinski definition) is 7. The first-order chi connectivity index (χ1) is 11.7. The van der Waals surface area contributed by atoms with Gasteiger partial charge in [-0.25, -0.2) is 15.0 Å². The Balaban J connectivity index is 1.72. The normalized spacial score (nSPS) is 10.6. The van der Waals surface area contributed by atoms with Crippen LogP contribution in [0.5, 0.6) is 0 Å². The zero-order valence-electron chi connectivity index (χ0n) is 12.7. The minimum atomic E-state index is 0.439. The summed E-state index contributed by atoms with van der Waals surface area (Å²) >= 11 is 4.66. The predicted molar refractivity (Wildman–Crippen MR) is 96.2 cm³/mol. The minimum absolute atomic E-state index is 0.439. The van der Waals surface area contributed by atoms with E-state index >= 15 is 0 Å². The Bertz CT molecular complexity index is 852. The molecule has 0 atom stereocenters. The standard InChI is InChI=1S/C16H13BrN4O2S/c1-24-16-20-7-12(9-22)14(21-16)18-6-10-2-4-11(5-3-10)15-19-8-13(17)23-15/h2-5,7-9H,6H2,1H3,(H,18,20,21). The number of carbonyl (C=O) groups excluding carboxylic acids is 1. The maximum Gasteiger partial charge on any atom is 0.227 e. The van der Waals surface area contributed by atoms with Crippen LogP contribution in [-0.2, 0) is 6.54 Å². The molecular weight excluding hydrogens is 392 g/mol. The lowest BCUT2D eigenvalue weighted by atomic mass is 10.1. The lowest BCUT2D eigenvalue weighted by Gasteiger charge is -2.09. The molecule has 0 aliphatic heterocycles. The number of halogens is 1. The summed E-state index contributed by atoms with van der Waals surface area (Å²) in [7, 11) is 0. The molecule has 0 bridgehead atoms. The van der Waals surface area contributed by atoms with E-state index in [0.717, 1.165) is 17.4 Å². The molecule has 0 aliphatic carbocycles. The fourth-order valence-electron chi connectivity index (χ4n) is 2.04. The van der Waals surface area contributed by atoms with Crippen LogP contribution >= 0.6 is 27.7 Å². The summed E-state index contributed by atoms with van der Waals surface area (Å²) < 4.78 is 6.02. The Kier molecular flexibility index (Phi) is 5.27. The Hall–Kier alpha value is -2.19. The minimum Gasteiger partial charge on any atom is -0.429 e. The number of benzene rings is 1. The van der Waals surface area contributed by atoms with E-state index in [9.17, 15) is 4.79 Å². The number of oxazole rings is 1. The van der Waals surface area contributed by atoms with Gasteiger partial charge in [0.05, 0.1) is 11.8 Å². The molecule has 2 heterocycles. The van der Waals surface area contributed by atoms with Gasteiger partial charge in [-0.1, -0.05) is 23.9 Å². The van der Waals surface area contributed by atoms with Crippen molar-refractivity contribution in [2.24, 2.45) is 0 Å². The van der Waals surface area contributed by atoms with Crippen LogP contribution in [0.15, 0.2) is 50.9 Å². The van der Waals surface area contributed by atoms with Crippen molar-refractivity contribution in [1.29, 1.82) is 0 Å². The first-order valence-electron chi connectivity index (χ1n) is 7.00. The van der Waals surface area contributed by atoms with Gasteiger partial charge in [-0.05, 0) is 39.9 Å². The van der Waals surface area contributed by atoms with Crippen molar-refractivity contribution in [2.75, 3.05) is 11.6 Å². The number of nitrogens with zero attached hydrogens (tertiary/aromatic N) is 3. The van der Waals surface area contributed by atoms with Gasteiger partial charge in [-0.15, -0.1) is 0 Å². The highest BCUT2D eigenvalue weighted by molar-refractivity contribution is 9.10. The van der Waals surface area contributed by atoms with Crippen molar-refractivity contribution in [3.8, 4) is 11.5 Å². The molecule has 24 heavy (non-hydrogen) atoms. The molecule has 1 aromatic carbocycles. The highest BCUT2D eigenvalue weighted by Crippen LogP contribution is 2.22. The molecule has 0 radical (unpaired) electrons. The van der Waals surface area contributed by atoms with Gasteiger partial charge in [-0.3, -0.25) is 4.79 Å². The zero-order valence-corrected chi connectivity index (χ0v) is 15.1. The van der Waals surface area contributed by atoms with E-state index in [1.165, 1.54) is 18.0 Å². The molecule has 0 saturated heterocycles. The van der Waals surface area contributed by atoms with Crippen LogP contribution < -0.4 is 5.32 Å². The number of thioether (sulfide) groups is 1. The highest BCUT2D eigenvalue weighted by Gasteiger charge is 2.07. The maximum atomic E-state index is 11.1. The van der Waals surface area contributed by atoms with Gasteiger partial charge in [0.15, 0.2) is 16.1 Å². The van der Waals surface area contributed by atoms with Crippen LogP contribution in [-0.4, -0.2) is 27.5 Å². The second kappa shape index (κ2) is 7.59. The molecule has 1 N–H and O–H groups in total. The monoisotopic (exact) mass is 404 g/mol. The van der Waals surface area contributed by atoms with Gasteiger partial charge >= 0.3 is 0 Å². The fourth-order valence-corrected chi connectivity index (χ4v) is 2.64. The summed E-state index contributed by atoms with van der Waals surface area (Å²) in [5.41, 5.74) is 2.38. The molecule has 6 nitrogen and oxygen atoms in total. The molecule has 0 saturated carbocycles. The smallest absolute Gasteiger partial charge is 0.227 e. The molecule has 8 heteroatoms. The Morgan fingerprint density at radius 1 is 1.25 bits per heavy atom. The van der Waals surface area contributed by atoms with Crippen molar-refractivity contribution in [3.63, 3.8) is 0 Å². The first-order valence-corrected chi connectivity index (χ1v) is 9.02.